The maximum atomic E-state index is 13.3. The third-order valence-electron chi connectivity index (χ3n) is 2.67. The highest BCUT2D eigenvalue weighted by Crippen LogP contribution is 2.22. The smallest absolute Gasteiger partial charge is 0.341 e. The molecule has 0 radical (unpaired) electrons. The van der Waals surface area contributed by atoms with Crippen molar-refractivity contribution in [2.75, 3.05) is 11.3 Å². The summed E-state index contributed by atoms with van der Waals surface area (Å²) < 4.78 is 44.8. The van der Waals surface area contributed by atoms with Crippen LogP contribution >= 0.6 is 11.6 Å². The van der Waals surface area contributed by atoms with Crippen LogP contribution in [0.1, 0.15) is 0 Å². The Morgan fingerprint density at radius 1 is 1.22 bits per heavy atom. The summed E-state index contributed by atoms with van der Waals surface area (Å²) in [6, 6.07) is 8.65. The minimum atomic E-state index is -3.92. The molecule has 0 aliphatic heterocycles. The third-order valence-corrected chi connectivity index (χ3v) is 4.37. The Hall–Kier alpha value is -2.32. The van der Waals surface area contributed by atoms with Crippen molar-refractivity contribution in [2.45, 2.75) is 4.90 Å². The van der Waals surface area contributed by atoms with Crippen LogP contribution in [0.15, 0.2) is 47.4 Å². The minimum Gasteiger partial charge on any atom is -0.482 e. The molecule has 0 aromatic heterocycles. The minimum absolute atomic E-state index is 0.0260. The van der Waals surface area contributed by atoms with Gasteiger partial charge in [-0.25, -0.2) is 17.6 Å². The van der Waals surface area contributed by atoms with Crippen molar-refractivity contribution in [3.63, 3.8) is 0 Å². The Kier molecular flexibility index (Phi) is 5.07. The van der Waals surface area contributed by atoms with Crippen LogP contribution in [-0.2, 0) is 14.8 Å². The molecule has 0 heterocycles. The van der Waals surface area contributed by atoms with Gasteiger partial charge in [-0.15, -0.1) is 0 Å². The van der Waals surface area contributed by atoms with E-state index in [1.54, 1.807) is 0 Å². The van der Waals surface area contributed by atoms with Crippen molar-refractivity contribution in [3.8, 4) is 5.75 Å². The van der Waals surface area contributed by atoms with Crippen molar-refractivity contribution in [2.24, 2.45) is 0 Å². The van der Waals surface area contributed by atoms with Crippen molar-refractivity contribution in [1.82, 2.24) is 0 Å². The van der Waals surface area contributed by atoms with Crippen LogP contribution in [0.3, 0.4) is 0 Å². The molecule has 0 spiro atoms. The average Bonchev–Trinajstić information content (AvgIpc) is 2.49. The van der Waals surface area contributed by atoms with E-state index in [0.717, 1.165) is 6.07 Å². The molecule has 23 heavy (non-hydrogen) atoms. The molecule has 2 aromatic rings. The van der Waals surface area contributed by atoms with Gasteiger partial charge in [-0.2, -0.15) is 0 Å². The summed E-state index contributed by atoms with van der Waals surface area (Å²) in [6.45, 7) is -0.533. The van der Waals surface area contributed by atoms with Crippen LogP contribution in [0, 0.1) is 5.82 Å². The lowest BCUT2D eigenvalue weighted by molar-refractivity contribution is -0.139. The quantitative estimate of drug-likeness (QED) is 0.827. The van der Waals surface area contributed by atoms with Crippen LogP contribution < -0.4 is 9.46 Å². The molecule has 122 valence electrons. The van der Waals surface area contributed by atoms with Gasteiger partial charge in [-0.05, 0) is 42.5 Å². The SMILES string of the molecule is O=C(O)COc1ccc(S(=O)(=O)Nc2ccc(Cl)c(F)c2)cc1. The van der Waals surface area contributed by atoms with Gasteiger partial charge in [0.15, 0.2) is 6.61 Å². The zero-order valence-electron chi connectivity index (χ0n) is 11.5. The van der Waals surface area contributed by atoms with Gasteiger partial charge in [-0.3, -0.25) is 4.72 Å². The first-order chi connectivity index (χ1) is 10.8. The van der Waals surface area contributed by atoms with E-state index >= 15 is 0 Å². The number of sulfonamides is 1. The normalized spacial score (nSPS) is 11.0. The molecule has 0 aliphatic carbocycles. The van der Waals surface area contributed by atoms with Crippen molar-refractivity contribution in [1.29, 1.82) is 0 Å². The maximum Gasteiger partial charge on any atom is 0.341 e. The fraction of sp³-hybridized carbons (Fsp3) is 0.0714. The molecule has 2 N–H and O–H groups in total. The summed E-state index contributed by atoms with van der Waals surface area (Å²) >= 11 is 5.53. The number of ether oxygens (including phenoxy) is 1. The number of carboxylic acids is 1. The maximum absolute atomic E-state index is 13.3. The second kappa shape index (κ2) is 6.84. The number of halogens is 2. The molecule has 6 nitrogen and oxygen atoms in total. The largest absolute Gasteiger partial charge is 0.482 e. The number of hydrogen-bond acceptors (Lipinski definition) is 4. The van der Waals surface area contributed by atoms with Crippen molar-refractivity contribution < 1.29 is 27.4 Å². The number of anilines is 1. The number of carbonyl (C=O) groups is 1. The molecule has 0 bridgehead atoms. The molecule has 0 unspecified atom stereocenters. The predicted octanol–water partition coefficient (Wildman–Crippen LogP) is 2.74. The molecule has 0 atom stereocenters. The summed E-state index contributed by atoms with van der Waals surface area (Å²) in [5.41, 5.74) is 0.0260. The lowest BCUT2D eigenvalue weighted by atomic mass is 10.3. The summed E-state index contributed by atoms with van der Waals surface area (Å²) in [7, 11) is -3.92. The predicted molar refractivity (Wildman–Crippen MR) is 81.8 cm³/mol. The number of benzene rings is 2. The molecule has 0 amide bonds. The highest BCUT2D eigenvalue weighted by atomic mass is 35.5. The number of carboxylic acid groups (broad SMARTS) is 1. The van der Waals surface area contributed by atoms with Crippen LogP contribution in [0.4, 0.5) is 10.1 Å². The number of aliphatic carboxylic acids is 1. The standard InChI is InChI=1S/C14H11ClFNO5S/c15-12-6-1-9(7-13(12)16)17-23(20,21)11-4-2-10(3-5-11)22-8-14(18)19/h1-7,17H,8H2,(H,18,19). The molecule has 9 heteroatoms. The number of hydrogen-bond donors (Lipinski definition) is 2. The number of rotatable bonds is 6. The molecule has 0 fully saturated rings. The lowest BCUT2D eigenvalue weighted by Gasteiger charge is -2.09. The van der Waals surface area contributed by atoms with Crippen molar-refractivity contribution >= 4 is 33.3 Å². The summed E-state index contributed by atoms with van der Waals surface area (Å²) in [5, 5.41) is 8.38. The Morgan fingerprint density at radius 3 is 2.43 bits per heavy atom. The zero-order valence-corrected chi connectivity index (χ0v) is 13.1. The van der Waals surface area contributed by atoms with E-state index in [-0.39, 0.29) is 21.4 Å². The first-order valence-corrected chi connectivity index (χ1v) is 8.06. The van der Waals surface area contributed by atoms with E-state index in [2.05, 4.69) is 4.72 Å². The van der Waals surface area contributed by atoms with E-state index in [4.69, 9.17) is 21.4 Å². The number of nitrogens with one attached hydrogen (secondary N) is 1. The van der Waals surface area contributed by atoms with Gasteiger partial charge in [0.05, 0.1) is 15.6 Å². The van der Waals surface area contributed by atoms with Crippen LogP contribution in [-0.4, -0.2) is 26.1 Å². The van der Waals surface area contributed by atoms with Gasteiger partial charge in [-0.1, -0.05) is 11.6 Å². The van der Waals surface area contributed by atoms with E-state index in [1.165, 1.54) is 36.4 Å². The molecule has 0 saturated heterocycles. The van der Waals surface area contributed by atoms with Gasteiger partial charge in [0.2, 0.25) is 0 Å². The van der Waals surface area contributed by atoms with Gasteiger partial charge >= 0.3 is 5.97 Å². The summed E-state index contributed by atoms with van der Waals surface area (Å²) in [5.74, 6) is -1.68. The second-order valence-electron chi connectivity index (χ2n) is 4.39. The van der Waals surface area contributed by atoms with Gasteiger partial charge < -0.3 is 9.84 Å². The first kappa shape index (κ1) is 17.0. The lowest BCUT2D eigenvalue weighted by Crippen LogP contribution is -2.13. The molecule has 2 aromatic carbocycles. The fourth-order valence-corrected chi connectivity index (χ4v) is 2.80. The van der Waals surface area contributed by atoms with Gasteiger partial charge in [0, 0.05) is 0 Å². The van der Waals surface area contributed by atoms with Crippen LogP contribution in [0.2, 0.25) is 5.02 Å². The zero-order chi connectivity index (χ0) is 17.0. The molecule has 0 aliphatic rings. The summed E-state index contributed by atoms with van der Waals surface area (Å²) in [6.07, 6.45) is 0. The topological polar surface area (TPSA) is 92.7 Å². The van der Waals surface area contributed by atoms with E-state index in [1.807, 2.05) is 0 Å². The Balaban J connectivity index is 2.15. The average molecular weight is 360 g/mol. The van der Waals surface area contributed by atoms with Crippen LogP contribution in [0.25, 0.3) is 0 Å². The monoisotopic (exact) mass is 359 g/mol. The van der Waals surface area contributed by atoms with Gasteiger partial charge in [0.1, 0.15) is 11.6 Å². The third kappa shape index (κ3) is 4.57. The molecule has 0 saturated carbocycles. The molecular weight excluding hydrogens is 349 g/mol. The molecule has 2 rings (SSSR count). The van der Waals surface area contributed by atoms with E-state index in [0.29, 0.717) is 0 Å². The highest BCUT2D eigenvalue weighted by Gasteiger charge is 2.15. The van der Waals surface area contributed by atoms with Crippen molar-refractivity contribution in [3.05, 3.63) is 53.3 Å². The Labute approximate surface area is 136 Å². The summed E-state index contributed by atoms with van der Waals surface area (Å²) in [4.78, 5) is 10.3. The molecular formula is C14H11ClFNO5S. The Bertz CT molecular complexity index is 824. The van der Waals surface area contributed by atoms with E-state index < -0.39 is 28.4 Å². The fourth-order valence-electron chi connectivity index (χ4n) is 1.63. The van der Waals surface area contributed by atoms with Crippen LogP contribution in [0.5, 0.6) is 5.75 Å². The first-order valence-electron chi connectivity index (χ1n) is 6.20. The highest BCUT2D eigenvalue weighted by molar-refractivity contribution is 7.92. The van der Waals surface area contributed by atoms with E-state index in [9.17, 15) is 17.6 Å². The van der Waals surface area contributed by atoms with Gasteiger partial charge in [0.25, 0.3) is 10.0 Å². The second-order valence-corrected chi connectivity index (χ2v) is 6.48. The Morgan fingerprint density at radius 2 is 1.87 bits per heavy atom.